The molecule has 5 nitrogen and oxygen atoms in total. The summed E-state index contributed by atoms with van der Waals surface area (Å²) >= 11 is 0. The Labute approximate surface area is 102 Å². The zero-order chi connectivity index (χ0) is 12.8. The second-order valence-corrected chi connectivity index (χ2v) is 4.52. The van der Waals surface area contributed by atoms with Crippen LogP contribution in [0.1, 0.15) is 39.0 Å². The van der Waals surface area contributed by atoms with E-state index in [1.54, 1.807) is 7.11 Å². The highest BCUT2D eigenvalue weighted by atomic mass is 16.5. The molecule has 1 unspecified atom stereocenters. The summed E-state index contributed by atoms with van der Waals surface area (Å²) in [6.45, 7) is 2.47. The van der Waals surface area contributed by atoms with Gasteiger partial charge in [0.25, 0.3) is 0 Å². The molecule has 0 bridgehead atoms. The molecule has 1 N–H and O–H groups in total. The summed E-state index contributed by atoms with van der Waals surface area (Å²) < 4.78 is 5.08. The van der Waals surface area contributed by atoms with Gasteiger partial charge in [-0.15, -0.1) is 0 Å². The topological polar surface area (TPSA) is 66.8 Å². The summed E-state index contributed by atoms with van der Waals surface area (Å²) in [5.74, 6) is -0.959. The molecule has 0 aromatic heterocycles. The molecule has 98 valence electrons. The molecule has 0 aromatic carbocycles. The number of amides is 1. The number of methoxy groups -OCH3 is 1. The van der Waals surface area contributed by atoms with Crippen molar-refractivity contribution in [2.45, 2.75) is 51.2 Å². The van der Waals surface area contributed by atoms with Gasteiger partial charge < -0.3 is 14.7 Å². The van der Waals surface area contributed by atoms with Crippen molar-refractivity contribution in [3.05, 3.63) is 0 Å². The largest absolute Gasteiger partial charge is 0.480 e. The van der Waals surface area contributed by atoms with E-state index in [1.165, 1.54) is 4.90 Å². The Kier molecular flexibility index (Phi) is 5.41. The highest BCUT2D eigenvalue weighted by Crippen LogP contribution is 2.19. The van der Waals surface area contributed by atoms with Gasteiger partial charge in [-0.2, -0.15) is 0 Å². The van der Waals surface area contributed by atoms with Crippen molar-refractivity contribution in [3.8, 4) is 0 Å². The fraction of sp³-hybridized carbons (Fsp3) is 0.833. The molecular weight excluding hydrogens is 222 g/mol. The van der Waals surface area contributed by atoms with Crippen LogP contribution in [0.2, 0.25) is 0 Å². The van der Waals surface area contributed by atoms with Crippen LogP contribution in [0.5, 0.6) is 0 Å². The summed E-state index contributed by atoms with van der Waals surface area (Å²) in [7, 11) is 1.61. The molecule has 17 heavy (non-hydrogen) atoms. The minimum atomic E-state index is -0.891. The average molecular weight is 243 g/mol. The fourth-order valence-electron chi connectivity index (χ4n) is 2.08. The van der Waals surface area contributed by atoms with Gasteiger partial charge in [0, 0.05) is 20.1 Å². The number of carbonyl (C=O) groups excluding carboxylic acids is 1. The number of nitrogens with zero attached hydrogens (tertiary/aromatic N) is 1. The van der Waals surface area contributed by atoms with E-state index in [2.05, 4.69) is 0 Å². The zero-order valence-corrected chi connectivity index (χ0v) is 10.5. The van der Waals surface area contributed by atoms with Crippen LogP contribution in [0, 0.1) is 0 Å². The first-order chi connectivity index (χ1) is 8.06. The van der Waals surface area contributed by atoms with Crippen molar-refractivity contribution in [3.63, 3.8) is 0 Å². The summed E-state index contributed by atoms with van der Waals surface area (Å²) in [4.78, 5) is 24.5. The van der Waals surface area contributed by atoms with E-state index >= 15 is 0 Å². The van der Waals surface area contributed by atoms with E-state index in [0.717, 1.165) is 12.8 Å². The van der Waals surface area contributed by atoms with Gasteiger partial charge in [-0.05, 0) is 32.6 Å². The fourth-order valence-corrected chi connectivity index (χ4v) is 2.08. The van der Waals surface area contributed by atoms with E-state index in [4.69, 9.17) is 9.84 Å². The molecule has 1 fully saturated rings. The Morgan fingerprint density at radius 3 is 2.76 bits per heavy atom. The molecule has 0 saturated carbocycles. The predicted octanol–water partition coefficient (Wildman–Crippen LogP) is 1.27. The number of carbonyl (C=O) groups is 2. The highest BCUT2D eigenvalue weighted by molar-refractivity contribution is 5.83. The quantitative estimate of drug-likeness (QED) is 0.789. The van der Waals surface area contributed by atoms with Gasteiger partial charge in [-0.3, -0.25) is 4.79 Å². The molecule has 1 amide bonds. The van der Waals surface area contributed by atoms with Crippen LogP contribution in [0.3, 0.4) is 0 Å². The number of piperidine rings is 1. The van der Waals surface area contributed by atoms with Gasteiger partial charge in [-0.1, -0.05) is 0 Å². The molecule has 0 spiro atoms. The number of hydrogen-bond acceptors (Lipinski definition) is 3. The maximum Gasteiger partial charge on any atom is 0.326 e. The molecule has 5 heteroatoms. The van der Waals surface area contributed by atoms with E-state index in [0.29, 0.717) is 25.8 Å². The smallest absolute Gasteiger partial charge is 0.326 e. The summed E-state index contributed by atoms with van der Waals surface area (Å²) in [6.07, 6.45) is 3.38. The normalized spacial score (nSPS) is 22.2. The first kappa shape index (κ1) is 14.0. The van der Waals surface area contributed by atoms with Crippen molar-refractivity contribution in [2.75, 3.05) is 13.7 Å². The van der Waals surface area contributed by atoms with Crippen LogP contribution in [-0.2, 0) is 14.3 Å². The van der Waals surface area contributed by atoms with Gasteiger partial charge in [0.05, 0.1) is 6.10 Å². The lowest BCUT2D eigenvalue weighted by atomic mass is 10.0. The number of hydrogen-bond donors (Lipinski definition) is 1. The number of likely N-dealkylation sites (tertiary alicyclic amines) is 1. The Balaban J connectivity index is 2.50. The van der Waals surface area contributed by atoms with Gasteiger partial charge in [0.1, 0.15) is 6.04 Å². The molecule has 0 aliphatic carbocycles. The Morgan fingerprint density at radius 2 is 2.18 bits per heavy atom. The maximum atomic E-state index is 11.9. The molecule has 2 atom stereocenters. The minimum absolute atomic E-state index is 0.0343. The van der Waals surface area contributed by atoms with Crippen LogP contribution in [0.25, 0.3) is 0 Å². The SMILES string of the molecule is COC(C)CCC(=O)N1CCCC[C@H]1C(=O)O. The van der Waals surface area contributed by atoms with E-state index in [-0.39, 0.29) is 12.0 Å². The van der Waals surface area contributed by atoms with Crippen LogP contribution in [-0.4, -0.2) is 47.7 Å². The first-order valence-corrected chi connectivity index (χ1v) is 6.11. The van der Waals surface area contributed by atoms with Crippen molar-refractivity contribution in [1.29, 1.82) is 0 Å². The molecule has 0 aromatic rings. The number of ether oxygens (including phenoxy) is 1. The average Bonchev–Trinajstić information content (AvgIpc) is 2.35. The Hall–Kier alpha value is -1.10. The van der Waals surface area contributed by atoms with Crippen molar-refractivity contribution < 1.29 is 19.4 Å². The third-order valence-electron chi connectivity index (χ3n) is 3.28. The van der Waals surface area contributed by atoms with Gasteiger partial charge in [0.15, 0.2) is 0 Å². The lowest BCUT2D eigenvalue weighted by molar-refractivity contribution is -0.152. The number of carboxylic acid groups (broad SMARTS) is 1. The monoisotopic (exact) mass is 243 g/mol. The summed E-state index contributed by atoms with van der Waals surface area (Å²) in [6, 6.07) is -0.630. The third-order valence-corrected chi connectivity index (χ3v) is 3.28. The summed E-state index contributed by atoms with van der Waals surface area (Å²) in [5, 5.41) is 9.06. The van der Waals surface area contributed by atoms with Gasteiger partial charge in [-0.25, -0.2) is 4.79 Å². The minimum Gasteiger partial charge on any atom is -0.480 e. The second kappa shape index (κ2) is 6.59. The van der Waals surface area contributed by atoms with E-state index < -0.39 is 12.0 Å². The molecule has 1 aliphatic rings. The van der Waals surface area contributed by atoms with E-state index in [1.807, 2.05) is 6.92 Å². The van der Waals surface area contributed by atoms with Crippen LogP contribution in [0.15, 0.2) is 0 Å². The lowest BCUT2D eigenvalue weighted by Gasteiger charge is -2.33. The zero-order valence-electron chi connectivity index (χ0n) is 10.5. The van der Waals surface area contributed by atoms with E-state index in [9.17, 15) is 9.59 Å². The molecule has 0 radical (unpaired) electrons. The Bertz CT molecular complexity index is 280. The van der Waals surface area contributed by atoms with Crippen LogP contribution < -0.4 is 0 Å². The third kappa shape index (κ3) is 4.00. The molecule has 1 heterocycles. The number of aliphatic carboxylic acids is 1. The van der Waals surface area contributed by atoms with Crippen molar-refractivity contribution >= 4 is 11.9 Å². The lowest BCUT2D eigenvalue weighted by Crippen LogP contribution is -2.48. The second-order valence-electron chi connectivity index (χ2n) is 4.52. The van der Waals surface area contributed by atoms with Crippen LogP contribution >= 0.6 is 0 Å². The highest BCUT2D eigenvalue weighted by Gasteiger charge is 2.31. The van der Waals surface area contributed by atoms with Gasteiger partial charge >= 0.3 is 5.97 Å². The molecule has 1 saturated heterocycles. The predicted molar refractivity (Wildman–Crippen MR) is 62.7 cm³/mol. The molecular formula is C12H21NO4. The van der Waals surface area contributed by atoms with Crippen molar-refractivity contribution in [2.24, 2.45) is 0 Å². The van der Waals surface area contributed by atoms with Gasteiger partial charge in [0.2, 0.25) is 5.91 Å². The molecule has 1 rings (SSSR count). The van der Waals surface area contributed by atoms with Crippen molar-refractivity contribution in [1.82, 2.24) is 4.90 Å². The first-order valence-electron chi connectivity index (χ1n) is 6.11. The van der Waals surface area contributed by atoms with Crippen LogP contribution in [0.4, 0.5) is 0 Å². The summed E-state index contributed by atoms with van der Waals surface area (Å²) in [5.41, 5.74) is 0. The molecule has 1 aliphatic heterocycles. The Morgan fingerprint density at radius 1 is 1.47 bits per heavy atom. The number of rotatable bonds is 5. The number of carboxylic acids is 1. The maximum absolute atomic E-state index is 11.9. The standard InChI is InChI=1S/C12H21NO4/c1-9(17-2)6-7-11(14)13-8-4-3-5-10(13)12(15)16/h9-10H,3-8H2,1-2H3,(H,15,16)/t9?,10-/m0/s1.